The average Bonchev–Trinajstić information content (AvgIpc) is 2.42. The van der Waals surface area contributed by atoms with E-state index in [1.54, 1.807) is 14.2 Å². The second kappa shape index (κ2) is 8.86. The fourth-order valence-electron chi connectivity index (χ4n) is 1.65. The minimum atomic E-state index is -3.04. The Morgan fingerprint density at radius 1 is 1.14 bits per heavy atom. The summed E-state index contributed by atoms with van der Waals surface area (Å²) in [6.45, 7) is 2.19. The molecule has 0 bridgehead atoms. The van der Waals surface area contributed by atoms with Gasteiger partial charge in [-0.2, -0.15) is 0 Å². The van der Waals surface area contributed by atoms with Gasteiger partial charge < -0.3 is 19.5 Å². The molecule has 0 aromatic heterocycles. The molecule has 0 unspecified atom stereocenters. The fraction of sp³-hybridized carbons (Fsp3) is 0.571. The molecule has 0 aliphatic carbocycles. The number of benzene rings is 1. The highest BCUT2D eigenvalue weighted by Crippen LogP contribution is 2.28. The van der Waals surface area contributed by atoms with E-state index < -0.39 is 9.84 Å². The molecule has 1 N–H and O–H groups in total. The van der Waals surface area contributed by atoms with Gasteiger partial charge in [0.15, 0.2) is 21.3 Å². The van der Waals surface area contributed by atoms with Gasteiger partial charge in [-0.15, -0.1) is 0 Å². The summed E-state index contributed by atoms with van der Waals surface area (Å²) >= 11 is 0. The topological polar surface area (TPSA) is 73.9 Å². The van der Waals surface area contributed by atoms with Crippen LogP contribution in [0.25, 0.3) is 0 Å². The Hall–Kier alpha value is -1.31. The highest BCUT2D eigenvalue weighted by atomic mass is 32.2. The van der Waals surface area contributed by atoms with Crippen LogP contribution in [0.2, 0.25) is 0 Å². The van der Waals surface area contributed by atoms with E-state index in [1.807, 2.05) is 18.2 Å². The van der Waals surface area contributed by atoms with Crippen LogP contribution in [0.15, 0.2) is 18.2 Å². The predicted octanol–water partition coefficient (Wildman–Crippen LogP) is 0.855. The minimum Gasteiger partial charge on any atom is -0.493 e. The summed E-state index contributed by atoms with van der Waals surface area (Å²) in [5.74, 6) is 1.11. The van der Waals surface area contributed by atoms with Gasteiger partial charge in [-0.1, -0.05) is 6.07 Å². The van der Waals surface area contributed by atoms with Crippen LogP contribution < -0.4 is 14.8 Å². The van der Waals surface area contributed by atoms with Crippen molar-refractivity contribution < 1.29 is 22.6 Å². The normalized spacial score (nSPS) is 11.4. The van der Waals surface area contributed by atoms with Gasteiger partial charge in [0.2, 0.25) is 0 Å². The van der Waals surface area contributed by atoms with Crippen molar-refractivity contribution in [3.63, 3.8) is 0 Å². The zero-order valence-corrected chi connectivity index (χ0v) is 13.5. The Bertz CT molecular complexity index is 530. The molecule has 0 atom stereocenters. The Labute approximate surface area is 126 Å². The zero-order valence-electron chi connectivity index (χ0n) is 12.7. The molecule has 0 radical (unpaired) electrons. The molecule has 6 nitrogen and oxygen atoms in total. The number of hydrogen-bond donors (Lipinski definition) is 1. The molecule has 0 aliphatic rings. The number of rotatable bonds is 10. The minimum absolute atomic E-state index is 0.0214. The lowest BCUT2D eigenvalue weighted by molar-refractivity contribution is 0.199. The van der Waals surface area contributed by atoms with Gasteiger partial charge in [0.25, 0.3) is 0 Å². The zero-order chi connectivity index (χ0) is 15.7. The van der Waals surface area contributed by atoms with Crippen molar-refractivity contribution in [2.45, 2.75) is 6.54 Å². The van der Waals surface area contributed by atoms with Gasteiger partial charge >= 0.3 is 0 Å². The highest BCUT2D eigenvalue weighted by Gasteiger charge is 2.08. The maximum atomic E-state index is 11.1. The third kappa shape index (κ3) is 7.31. The van der Waals surface area contributed by atoms with Crippen molar-refractivity contribution in [1.29, 1.82) is 0 Å². The Morgan fingerprint density at radius 2 is 1.90 bits per heavy atom. The quantitative estimate of drug-likeness (QED) is 0.645. The van der Waals surface area contributed by atoms with Gasteiger partial charge in [0.05, 0.1) is 19.5 Å². The molecule has 1 aromatic rings. The van der Waals surface area contributed by atoms with E-state index in [2.05, 4.69) is 5.32 Å². The van der Waals surface area contributed by atoms with E-state index in [-0.39, 0.29) is 12.4 Å². The van der Waals surface area contributed by atoms with Crippen molar-refractivity contribution in [3.8, 4) is 11.5 Å². The van der Waals surface area contributed by atoms with Crippen molar-refractivity contribution >= 4 is 9.84 Å². The number of hydrogen-bond acceptors (Lipinski definition) is 6. The summed E-state index contributed by atoms with van der Waals surface area (Å²) in [6, 6.07) is 5.59. The van der Waals surface area contributed by atoms with Crippen LogP contribution in [0, 0.1) is 0 Å². The van der Waals surface area contributed by atoms with Crippen molar-refractivity contribution in [1.82, 2.24) is 5.32 Å². The molecule has 21 heavy (non-hydrogen) atoms. The molecule has 0 saturated carbocycles. The Morgan fingerprint density at radius 3 is 2.52 bits per heavy atom. The first-order valence-electron chi connectivity index (χ1n) is 6.63. The SMILES string of the molecule is COCCNCc1ccc(OC)c(OCCS(C)(=O)=O)c1. The summed E-state index contributed by atoms with van der Waals surface area (Å²) < 4.78 is 37.9. The molecular weight excluding hydrogens is 294 g/mol. The van der Waals surface area contributed by atoms with E-state index in [4.69, 9.17) is 14.2 Å². The summed E-state index contributed by atoms with van der Waals surface area (Å²) in [6.07, 6.45) is 1.18. The van der Waals surface area contributed by atoms with Crippen molar-refractivity contribution in [3.05, 3.63) is 23.8 Å². The number of nitrogens with one attached hydrogen (secondary N) is 1. The fourth-order valence-corrected chi connectivity index (χ4v) is 2.04. The molecule has 0 amide bonds. The van der Waals surface area contributed by atoms with Crippen LogP contribution in [0.4, 0.5) is 0 Å². The smallest absolute Gasteiger partial charge is 0.161 e. The van der Waals surface area contributed by atoms with Crippen LogP contribution in [-0.2, 0) is 21.1 Å². The first-order valence-corrected chi connectivity index (χ1v) is 8.69. The van der Waals surface area contributed by atoms with Crippen molar-refractivity contribution in [2.24, 2.45) is 0 Å². The van der Waals surface area contributed by atoms with Crippen molar-refractivity contribution in [2.75, 3.05) is 46.0 Å². The number of methoxy groups -OCH3 is 2. The average molecular weight is 317 g/mol. The highest BCUT2D eigenvalue weighted by molar-refractivity contribution is 7.90. The molecule has 7 heteroatoms. The molecule has 0 heterocycles. The second-order valence-corrected chi connectivity index (χ2v) is 6.89. The Balaban J connectivity index is 2.62. The van der Waals surface area contributed by atoms with Crippen LogP contribution in [0.3, 0.4) is 0 Å². The maximum Gasteiger partial charge on any atom is 0.161 e. The lowest BCUT2D eigenvalue weighted by Crippen LogP contribution is -2.18. The van der Waals surface area contributed by atoms with E-state index in [0.717, 1.165) is 12.1 Å². The van der Waals surface area contributed by atoms with E-state index in [9.17, 15) is 8.42 Å². The number of ether oxygens (including phenoxy) is 3. The van der Waals surface area contributed by atoms with E-state index in [1.165, 1.54) is 6.26 Å². The van der Waals surface area contributed by atoms with Crippen LogP contribution in [0.5, 0.6) is 11.5 Å². The first kappa shape index (κ1) is 17.7. The molecule has 120 valence electrons. The molecule has 0 spiro atoms. The van der Waals surface area contributed by atoms with Gasteiger partial charge in [-0.05, 0) is 17.7 Å². The van der Waals surface area contributed by atoms with E-state index >= 15 is 0 Å². The monoisotopic (exact) mass is 317 g/mol. The maximum absolute atomic E-state index is 11.1. The summed E-state index contributed by atoms with van der Waals surface area (Å²) in [7, 11) is 0.170. The molecule has 1 aromatic carbocycles. The predicted molar refractivity (Wildman–Crippen MR) is 81.8 cm³/mol. The third-order valence-corrected chi connectivity index (χ3v) is 3.66. The molecule has 0 fully saturated rings. The second-order valence-electron chi connectivity index (χ2n) is 4.63. The van der Waals surface area contributed by atoms with Gasteiger partial charge in [0.1, 0.15) is 6.61 Å². The van der Waals surface area contributed by atoms with Gasteiger partial charge in [-0.25, -0.2) is 8.42 Å². The lowest BCUT2D eigenvalue weighted by atomic mass is 10.2. The lowest BCUT2D eigenvalue weighted by Gasteiger charge is -2.12. The summed E-state index contributed by atoms with van der Waals surface area (Å²) in [4.78, 5) is 0. The summed E-state index contributed by atoms with van der Waals surface area (Å²) in [5, 5.41) is 3.23. The molecular formula is C14H23NO5S. The summed E-state index contributed by atoms with van der Waals surface area (Å²) in [5.41, 5.74) is 1.03. The van der Waals surface area contributed by atoms with Gasteiger partial charge in [0, 0.05) is 26.5 Å². The molecule has 0 aliphatic heterocycles. The van der Waals surface area contributed by atoms with E-state index in [0.29, 0.717) is 24.7 Å². The van der Waals surface area contributed by atoms with Crippen LogP contribution in [-0.4, -0.2) is 54.4 Å². The largest absolute Gasteiger partial charge is 0.493 e. The van der Waals surface area contributed by atoms with Gasteiger partial charge in [-0.3, -0.25) is 0 Å². The first-order chi connectivity index (χ1) is 9.96. The molecule has 0 saturated heterocycles. The third-order valence-electron chi connectivity index (χ3n) is 2.75. The van der Waals surface area contributed by atoms with Crippen LogP contribution >= 0.6 is 0 Å². The molecule has 1 rings (SSSR count). The number of sulfone groups is 1. The standard InChI is InChI=1S/C14H23NO5S/c1-18-7-6-15-11-12-4-5-13(19-2)14(10-12)20-8-9-21(3,16)17/h4-5,10,15H,6-9,11H2,1-3H3. The Kier molecular flexibility index (Phi) is 7.49. The van der Waals surface area contributed by atoms with Crippen LogP contribution in [0.1, 0.15) is 5.56 Å².